The number of aromatic nitrogens is 2. The molecule has 1 atom stereocenters. The molecule has 1 aliphatic heterocycles. The van der Waals surface area contributed by atoms with Crippen LogP contribution in [0.5, 0.6) is 0 Å². The first-order valence-corrected chi connectivity index (χ1v) is 7.86. The van der Waals surface area contributed by atoms with E-state index in [-0.39, 0.29) is 23.6 Å². The summed E-state index contributed by atoms with van der Waals surface area (Å²) >= 11 is 0. The van der Waals surface area contributed by atoms with E-state index >= 15 is 0 Å². The molecule has 1 aliphatic carbocycles. The summed E-state index contributed by atoms with van der Waals surface area (Å²) < 4.78 is 37.8. The van der Waals surface area contributed by atoms with Gasteiger partial charge in [-0.25, -0.2) is 9.97 Å². The summed E-state index contributed by atoms with van der Waals surface area (Å²) in [5.41, 5.74) is 0. The number of amides is 1. The molecule has 1 saturated heterocycles. The third kappa shape index (κ3) is 4.11. The summed E-state index contributed by atoms with van der Waals surface area (Å²) in [6.07, 6.45) is 0.414. The van der Waals surface area contributed by atoms with Crippen molar-refractivity contribution < 1.29 is 18.0 Å². The Morgan fingerprint density at radius 2 is 2.13 bits per heavy atom. The summed E-state index contributed by atoms with van der Waals surface area (Å²) in [6.45, 7) is 1.96. The Hall–Kier alpha value is -1.86. The van der Waals surface area contributed by atoms with Gasteiger partial charge >= 0.3 is 6.18 Å². The minimum atomic E-state index is -4.55. The molecule has 5 nitrogen and oxygen atoms in total. The van der Waals surface area contributed by atoms with Crippen molar-refractivity contribution in [3.8, 4) is 0 Å². The lowest BCUT2D eigenvalue weighted by atomic mass is 9.97. The number of carbonyl (C=O) groups excluding carboxylic acids is 1. The van der Waals surface area contributed by atoms with Gasteiger partial charge in [0.2, 0.25) is 11.7 Å². The fraction of sp³-hybridized carbons (Fsp3) is 0.667. The maximum atomic E-state index is 12.6. The van der Waals surface area contributed by atoms with Crippen LogP contribution in [0.15, 0.2) is 12.3 Å². The first-order valence-electron chi connectivity index (χ1n) is 7.86. The van der Waals surface area contributed by atoms with Crippen molar-refractivity contribution in [1.29, 1.82) is 0 Å². The molecule has 0 aromatic carbocycles. The molecule has 0 unspecified atom stereocenters. The van der Waals surface area contributed by atoms with Gasteiger partial charge in [-0.3, -0.25) is 4.79 Å². The molecule has 1 aromatic rings. The molecule has 2 fully saturated rings. The van der Waals surface area contributed by atoms with E-state index in [1.807, 2.05) is 4.90 Å². The second-order valence-electron chi connectivity index (χ2n) is 6.21. The van der Waals surface area contributed by atoms with Crippen molar-refractivity contribution in [2.24, 2.45) is 11.8 Å². The van der Waals surface area contributed by atoms with E-state index in [0.717, 1.165) is 38.4 Å². The predicted molar refractivity (Wildman–Crippen MR) is 77.6 cm³/mol. The second-order valence-corrected chi connectivity index (χ2v) is 6.21. The molecule has 0 radical (unpaired) electrons. The molecule has 1 amide bonds. The smallest absolute Gasteiger partial charge is 0.370 e. The number of nitrogens with zero attached hydrogens (tertiary/aromatic N) is 3. The highest BCUT2D eigenvalue weighted by Gasteiger charge is 2.36. The molecule has 2 heterocycles. The van der Waals surface area contributed by atoms with Gasteiger partial charge in [-0.1, -0.05) is 0 Å². The van der Waals surface area contributed by atoms with Crippen LogP contribution >= 0.6 is 0 Å². The Labute approximate surface area is 132 Å². The van der Waals surface area contributed by atoms with Crippen LogP contribution in [0.1, 0.15) is 31.5 Å². The number of hydrogen-bond donors (Lipinski definition) is 1. The van der Waals surface area contributed by atoms with Crippen LogP contribution in [0, 0.1) is 11.8 Å². The fourth-order valence-electron chi connectivity index (χ4n) is 2.86. The van der Waals surface area contributed by atoms with Crippen molar-refractivity contribution in [2.45, 2.75) is 31.9 Å². The Morgan fingerprint density at radius 3 is 2.83 bits per heavy atom. The molecule has 8 heteroatoms. The largest absolute Gasteiger partial charge is 0.451 e. The monoisotopic (exact) mass is 328 g/mol. The molecular formula is C15H19F3N4O. The highest BCUT2D eigenvalue weighted by molar-refractivity contribution is 5.81. The molecule has 1 saturated carbocycles. The van der Waals surface area contributed by atoms with Gasteiger partial charge in [-0.2, -0.15) is 13.2 Å². The van der Waals surface area contributed by atoms with Gasteiger partial charge in [0.1, 0.15) is 5.82 Å². The zero-order valence-electron chi connectivity index (χ0n) is 12.6. The third-order valence-corrected chi connectivity index (χ3v) is 4.24. The van der Waals surface area contributed by atoms with Crippen LogP contribution in [-0.4, -0.2) is 40.4 Å². The second kappa shape index (κ2) is 6.33. The first kappa shape index (κ1) is 16.0. The van der Waals surface area contributed by atoms with E-state index in [1.54, 1.807) is 0 Å². The molecule has 3 rings (SSSR count). The number of likely N-dealkylation sites (tertiary alicyclic amines) is 1. The Morgan fingerprint density at radius 1 is 1.35 bits per heavy atom. The van der Waals surface area contributed by atoms with Gasteiger partial charge in [0.25, 0.3) is 0 Å². The Balaban J connectivity index is 1.54. The number of anilines is 1. The number of carbonyl (C=O) groups is 1. The lowest BCUT2D eigenvalue weighted by Crippen LogP contribution is -2.42. The van der Waals surface area contributed by atoms with Crippen molar-refractivity contribution in [3.05, 3.63) is 18.1 Å². The topological polar surface area (TPSA) is 58.1 Å². The van der Waals surface area contributed by atoms with Crippen LogP contribution in [0.25, 0.3) is 0 Å². The fourth-order valence-corrected chi connectivity index (χ4v) is 2.86. The van der Waals surface area contributed by atoms with E-state index in [0.29, 0.717) is 13.1 Å². The lowest BCUT2D eigenvalue weighted by Gasteiger charge is -2.33. The molecule has 1 N–H and O–H groups in total. The average molecular weight is 328 g/mol. The van der Waals surface area contributed by atoms with Gasteiger partial charge in [0.15, 0.2) is 0 Å². The molecule has 0 bridgehead atoms. The Kier molecular flexibility index (Phi) is 4.41. The molecule has 1 aromatic heterocycles. The molecule has 2 aliphatic rings. The third-order valence-electron chi connectivity index (χ3n) is 4.24. The van der Waals surface area contributed by atoms with Gasteiger partial charge in [-0.15, -0.1) is 0 Å². The van der Waals surface area contributed by atoms with Gasteiger partial charge in [0.05, 0.1) is 0 Å². The van der Waals surface area contributed by atoms with Crippen LogP contribution < -0.4 is 5.32 Å². The number of hydrogen-bond acceptors (Lipinski definition) is 4. The van der Waals surface area contributed by atoms with Gasteiger partial charge < -0.3 is 10.2 Å². The summed E-state index contributed by atoms with van der Waals surface area (Å²) in [4.78, 5) is 20.7. The predicted octanol–water partition coefficient (Wildman–Crippen LogP) is 2.56. The van der Waals surface area contributed by atoms with Crippen molar-refractivity contribution >= 4 is 11.7 Å². The van der Waals surface area contributed by atoms with E-state index in [4.69, 9.17) is 0 Å². The van der Waals surface area contributed by atoms with Gasteiger partial charge in [0, 0.05) is 31.7 Å². The molecule has 0 spiro atoms. The summed E-state index contributed by atoms with van der Waals surface area (Å²) in [6, 6.07) is 1.42. The quantitative estimate of drug-likeness (QED) is 0.923. The van der Waals surface area contributed by atoms with Crippen LogP contribution in [0.4, 0.5) is 19.0 Å². The zero-order valence-corrected chi connectivity index (χ0v) is 12.6. The Bertz CT molecular complexity index is 574. The number of piperidine rings is 1. The van der Waals surface area contributed by atoms with E-state index < -0.39 is 12.0 Å². The maximum absolute atomic E-state index is 12.6. The highest BCUT2D eigenvalue weighted by atomic mass is 19.4. The number of nitrogens with one attached hydrogen (secondary N) is 1. The molecule has 126 valence electrons. The molecular weight excluding hydrogens is 309 g/mol. The van der Waals surface area contributed by atoms with E-state index in [9.17, 15) is 18.0 Å². The summed E-state index contributed by atoms with van der Waals surface area (Å²) in [5, 5.41) is 2.94. The number of rotatable bonds is 4. The SMILES string of the molecule is O=C(C1CC1)N1CCC[C@@H](CNc2ccnc(C(F)(F)F)n2)C1. The standard InChI is InChI=1S/C15H19F3N4O/c16-15(17,18)14-19-6-5-12(21-14)20-8-10-2-1-7-22(9-10)13(23)11-3-4-11/h5-6,10-11H,1-4,7-9H2,(H,19,20,21)/t10-/m0/s1. The highest BCUT2D eigenvalue weighted by Crippen LogP contribution is 2.32. The van der Waals surface area contributed by atoms with Crippen molar-refractivity contribution in [1.82, 2.24) is 14.9 Å². The van der Waals surface area contributed by atoms with Gasteiger partial charge in [-0.05, 0) is 37.7 Å². The molecule has 23 heavy (non-hydrogen) atoms. The van der Waals surface area contributed by atoms with Crippen LogP contribution in [0.2, 0.25) is 0 Å². The van der Waals surface area contributed by atoms with E-state index in [2.05, 4.69) is 15.3 Å². The average Bonchev–Trinajstić information content (AvgIpc) is 3.37. The van der Waals surface area contributed by atoms with E-state index in [1.165, 1.54) is 6.07 Å². The summed E-state index contributed by atoms with van der Waals surface area (Å²) in [7, 11) is 0. The van der Waals surface area contributed by atoms with Crippen molar-refractivity contribution in [3.63, 3.8) is 0 Å². The zero-order chi connectivity index (χ0) is 16.4. The minimum absolute atomic E-state index is 0.165. The first-order chi connectivity index (χ1) is 10.9. The van der Waals surface area contributed by atoms with Crippen LogP contribution in [-0.2, 0) is 11.0 Å². The lowest BCUT2D eigenvalue weighted by molar-refractivity contribution is -0.144. The van der Waals surface area contributed by atoms with Crippen molar-refractivity contribution in [2.75, 3.05) is 25.0 Å². The van der Waals surface area contributed by atoms with Crippen LogP contribution in [0.3, 0.4) is 0 Å². The maximum Gasteiger partial charge on any atom is 0.451 e. The summed E-state index contributed by atoms with van der Waals surface area (Å²) in [5.74, 6) is -0.306. The minimum Gasteiger partial charge on any atom is -0.370 e. The normalized spacial score (nSPS) is 22.0. The number of alkyl halides is 3. The number of halogens is 3.